The standard InChI is InChI=1S/C16H17NO4S/c18-15(6-4-12-2-1-7-21-12)17-11-3-5-13-10(8-11)9-14(22-13)16(19)20/h3,5,8-9,12H,1-2,4,6-7H2,(H,17,18)(H,19,20). The van der Waals surface area contributed by atoms with E-state index in [4.69, 9.17) is 9.84 Å². The lowest BCUT2D eigenvalue weighted by Crippen LogP contribution is -2.15. The van der Waals surface area contributed by atoms with Crippen LogP contribution in [0.1, 0.15) is 35.4 Å². The van der Waals surface area contributed by atoms with Crippen molar-refractivity contribution in [3.63, 3.8) is 0 Å². The maximum atomic E-state index is 12.0. The van der Waals surface area contributed by atoms with Crippen molar-refractivity contribution in [2.75, 3.05) is 11.9 Å². The van der Waals surface area contributed by atoms with Crippen LogP contribution in [-0.4, -0.2) is 29.7 Å². The predicted molar refractivity (Wildman–Crippen MR) is 85.6 cm³/mol. The van der Waals surface area contributed by atoms with Gasteiger partial charge in [0.25, 0.3) is 0 Å². The monoisotopic (exact) mass is 319 g/mol. The van der Waals surface area contributed by atoms with E-state index in [-0.39, 0.29) is 12.0 Å². The van der Waals surface area contributed by atoms with Crippen LogP contribution in [0.2, 0.25) is 0 Å². The molecule has 1 atom stereocenters. The van der Waals surface area contributed by atoms with E-state index in [0.717, 1.165) is 36.0 Å². The lowest BCUT2D eigenvalue weighted by atomic mass is 10.1. The van der Waals surface area contributed by atoms with Crippen LogP contribution in [0.25, 0.3) is 10.1 Å². The third kappa shape index (κ3) is 3.45. The molecule has 5 nitrogen and oxygen atoms in total. The van der Waals surface area contributed by atoms with Crippen LogP contribution in [0.5, 0.6) is 0 Å². The molecule has 1 aliphatic rings. The summed E-state index contributed by atoms with van der Waals surface area (Å²) in [5.74, 6) is -0.966. The van der Waals surface area contributed by atoms with Crippen LogP contribution in [-0.2, 0) is 9.53 Å². The summed E-state index contributed by atoms with van der Waals surface area (Å²) in [7, 11) is 0. The number of carboxylic acid groups (broad SMARTS) is 1. The minimum atomic E-state index is -0.927. The van der Waals surface area contributed by atoms with Gasteiger partial charge in [0.05, 0.1) is 6.10 Å². The zero-order chi connectivity index (χ0) is 15.5. The lowest BCUT2D eigenvalue weighted by molar-refractivity contribution is -0.116. The van der Waals surface area contributed by atoms with Crippen LogP contribution in [0, 0.1) is 0 Å². The molecule has 22 heavy (non-hydrogen) atoms. The molecule has 1 amide bonds. The summed E-state index contributed by atoms with van der Waals surface area (Å²) >= 11 is 1.23. The number of hydrogen-bond donors (Lipinski definition) is 2. The Labute approximate surface area is 131 Å². The van der Waals surface area contributed by atoms with Crippen molar-refractivity contribution in [3.8, 4) is 0 Å². The first-order chi connectivity index (χ1) is 10.6. The fourth-order valence-electron chi connectivity index (χ4n) is 2.61. The van der Waals surface area contributed by atoms with Crippen molar-refractivity contribution < 1.29 is 19.4 Å². The molecule has 1 saturated heterocycles. The summed E-state index contributed by atoms with van der Waals surface area (Å²) in [5, 5.41) is 12.7. The molecule has 3 rings (SSSR count). The van der Waals surface area contributed by atoms with Gasteiger partial charge in [0.2, 0.25) is 5.91 Å². The molecule has 2 heterocycles. The number of aromatic carboxylic acids is 1. The molecule has 116 valence electrons. The fourth-order valence-corrected chi connectivity index (χ4v) is 3.50. The zero-order valence-corrected chi connectivity index (χ0v) is 12.8. The summed E-state index contributed by atoms with van der Waals surface area (Å²) in [5.41, 5.74) is 0.694. The smallest absolute Gasteiger partial charge is 0.345 e. The first kappa shape index (κ1) is 15.0. The van der Waals surface area contributed by atoms with Crippen molar-refractivity contribution >= 4 is 39.0 Å². The van der Waals surface area contributed by atoms with Crippen molar-refractivity contribution in [2.24, 2.45) is 0 Å². The SMILES string of the molecule is O=C(CCC1CCCO1)Nc1ccc2sc(C(=O)O)cc2c1. The summed E-state index contributed by atoms with van der Waals surface area (Å²) in [6, 6.07) is 7.07. The molecule has 0 aliphatic carbocycles. The van der Waals surface area contributed by atoms with Gasteiger partial charge >= 0.3 is 5.97 Å². The number of ether oxygens (including phenoxy) is 1. The molecule has 1 fully saturated rings. The van der Waals surface area contributed by atoms with Gasteiger partial charge in [-0.05, 0) is 48.9 Å². The van der Waals surface area contributed by atoms with Gasteiger partial charge in [0, 0.05) is 23.4 Å². The number of amides is 1. The number of anilines is 1. The van der Waals surface area contributed by atoms with Crippen LogP contribution in [0.4, 0.5) is 5.69 Å². The van der Waals surface area contributed by atoms with Crippen LogP contribution in [0.3, 0.4) is 0 Å². The Morgan fingerprint density at radius 2 is 2.23 bits per heavy atom. The molecule has 6 heteroatoms. The number of nitrogens with one attached hydrogen (secondary N) is 1. The predicted octanol–water partition coefficient (Wildman–Crippen LogP) is 3.50. The molecule has 0 spiro atoms. The molecule has 1 aliphatic heterocycles. The van der Waals surface area contributed by atoms with Crippen LogP contribution < -0.4 is 5.32 Å². The molecule has 1 aromatic heterocycles. The average Bonchev–Trinajstić information content (AvgIpc) is 3.14. The molecule has 1 aromatic carbocycles. The van der Waals surface area contributed by atoms with Crippen molar-refractivity contribution in [1.29, 1.82) is 0 Å². The average molecular weight is 319 g/mol. The maximum absolute atomic E-state index is 12.0. The Balaban J connectivity index is 1.62. The van der Waals surface area contributed by atoms with Crippen molar-refractivity contribution in [2.45, 2.75) is 31.8 Å². The highest BCUT2D eigenvalue weighted by atomic mass is 32.1. The van der Waals surface area contributed by atoms with Gasteiger partial charge in [0.1, 0.15) is 4.88 Å². The number of rotatable bonds is 5. The van der Waals surface area contributed by atoms with Gasteiger partial charge in [0.15, 0.2) is 0 Å². The normalized spacial score (nSPS) is 17.7. The highest BCUT2D eigenvalue weighted by Crippen LogP contribution is 2.28. The van der Waals surface area contributed by atoms with E-state index in [1.165, 1.54) is 11.3 Å². The summed E-state index contributed by atoms with van der Waals surface area (Å²) in [6.45, 7) is 0.799. The first-order valence-corrected chi connectivity index (χ1v) is 8.12. The minimum Gasteiger partial charge on any atom is -0.477 e. The Morgan fingerprint density at radius 3 is 2.95 bits per heavy atom. The molecule has 2 aromatic rings. The van der Waals surface area contributed by atoms with E-state index in [1.54, 1.807) is 12.1 Å². The summed E-state index contributed by atoms with van der Waals surface area (Å²) < 4.78 is 6.40. The van der Waals surface area contributed by atoms with E-state index in [0.29, 0.717) is 17.0 Å². The van der Waals surface area contributed by atoms with E-state index < -0.39 is 5.97 Å². The lowest BCUT2D eigenvalue weighted by Gasteiger charge is -2.09. The molecule has 0 radical (unpaired) electrons. The number of fused-ring (bicyclic) bond motifs is 1. The molecular formula is C16H17NO4S. The second-order valence-corrected chi connectivity index (χ2v) is 6.47. The van der Waals surface area contributed by atoms with Gasteiger partial charge in [-0.1, -0.05) is 0 Å². The number of carbonyl (C=O) groups excluding carboxylic acids is 1. The number of thiophene rings is 1. The topological polar surface area (TPSA) is 75.6 Å². The third-order valence-corrected chi connectivity index (χ3v) is 4.83. The maximum Gasteiger partial charge on any atom is 0.345 e. The zero-order valence-electron chi connectivity index (χ0n) is 12.0. The van der Waals surface area contributed by atoms with Crippen molar-refractivity contribution in [1.82, 2.24) is 0 Å². The molecule has 1 unspecified atom stereocenters. The van der Waals surface area contributed by atoms with E-state index in [1.807, 2.05) is 12.1 Å². The molecular weight excluding hydrogens is 302 g/mol. The summed E-state index contributed by atoms with van der Waals surface area (Å²) in [6.07, 6.45) is 3.50. The van der Waals surface area contributed by atoms with Crippen molar-refractivity contribution in [3.05, 3.63) is 29.1 Å². The molecule has 2 N–H and O–H groups in total. The van der Waals surface area contributed by atoms with Crippen LogP contribution >= 0.6 is 11.3 Å². The number of carboxylic acids is 1. The highest BCUT2D eigenvalue weighted by molar-refractivity contribution is 7.20. The Kier molecular flexibility index (Phi) is 4.40. The van der Waals surface area contributed by atoms with Gasteiger partial charge < -0.3 is 15.2 Å². The molecule has 0 bridgehead atoms. The number of benzene rings is 1. The Bertz CT molecular complexity index is 703. The van der Waals surface area contributed by atoms with Crippen LogP contribution in [0.15, 0.2) is 24.3 Å². The highest BCUT2D eigenvalue weighted by Gasteiger charge is 2.17. The number of carbonyl (C=O) groups is 2. The Hall–Kier alpha value is -1.92. The second-order valence-electron chi connectivity index (χ2n) is 5.39. The van der Waals surface area contributed by atoms with E-state index >= 15 is 0 Å². The number of hydrogen-bond acceptors (Lipinski definition) is 4. The Morgan fingerprint density at radius 1 is 1.36 bits per heavy atom. The second kappa shape index (κ2) is 6.46. The fraction of sp³-hybridized carbons (Fsp3) is 0.375. The first-order valence-electron chi connectivity index (χ1n) is 7.30. The van der Waals surface area contributed by atoms with Gasteiger partial charge in [-0.25, -0.2) is 4.79 Å². The van der Waals surface area contributed by atoms with E-state index in [2.05, 4.69) is 5.32 Å². The third-order valence-electron chi connectivity index (χ3n) is 3.73. The minimum absolute atomic E-state index is 0.0384. The largest absolute Gasteiger partial charge is 0.477 e. The molecule has 0 saturated carbocycles. The van der Waals surface area contributed by atoms with Gasteiger partial charge in [-0.15, -0.1) is 11.3 Å². The van der Waals surface area contributed by atoms with Gasteiger partial charge in [-0.3, -0.25) is 4.79 Å². The van der Waals surface area contributed by atoms with Gasteiger partial charge in [-0.2, -0.15) is 0 Å². The summed E-state index contributed by atoms with van der Waals surface area (Å²) in [4.78, 5) is 23.2. The van der Waals surface area contributed by atoms with E-state index in [9.17, 15) is 9.59 Å². The quantitative estimate of drug-likeness (QED) is 0.884.